The average Bonchev–Trinajstić information content (AvgIpc) is 1.94. The van der Waals surface area contributed by atoms with Crippen LogP contribution in [0, 0.1) is 10.5 Å². The van der Waals surface area contributed by atoms with Gasteiger partial charge in [0.15, 0.2) is 0 Å². The minimum Gasteiger partial charge on any atom is -0.506 e. The van der Waals surface area contributed by atoms with Crippen molar-refractivity contribution in [1.29, 1.82) is 0 Å². The maximum absolute atomic E-state index is 12.2. The van der Waals surface area contributed by atoms with E-state index in [1.807, 2.05) is 0 Å². The van der Waals surface area contributed by atoms with Gasteiger partial charge in [0.2, 0.25) is 0 Å². The van der Waals surface area contributed by atoms with Crippen molar-refractivity contribution in [3.63, 3.8) is 0 Å². The Labute approximate surface area is 86.7 Å². The van der Waals surface area contributed by atoms with Crippen LogP contribution >= 0.6 is 22.6 Å². The Kier molecular flexibility index (Phi) is 2.74. The molecule has 0 aliphatic carbocycles. The predicted molar refractivity (Wildman–Crippen MR) is 50.6 cm³/mol. The fraction of sp³-hybridized carbons (Fsp3) is 0.250. The number of phenols is 1. The molecule has 1 aromatic carbocycles. The standard InChI is InChI=1S/C8H6F3IO/c1-4-2-5(8(9,10)11)7(13)6(12)3-4/h2-3,13H,1H3. The molecule has 0 atom stereocenters. The van der Waals surface area contributed by atoms with Gasteiger partial charge in [0.1, 0.15) is 5.75 Å². The second-order valence-electron chi connectivity index (χ2n) is 2.64. The molecule has 1 rings (SSSR count). The molecule has 0 fully saturated rings. The Morgan fingerprint density at radius 3 is 2.31 bits per heavy atom. The third-order valence-electron chi connectivity index (χ3n) is 1.51. The largest absolute Gasteiger partial charge is 0.506 e. The van der Waals surface area contributed by atoms with Crippen molar-refractivity contribution in [2.75, 3.05) is 0 Å². The van der Waals surface area contributed by atoms with Crippen molar-refractivity contribution in [3.8, 4) is 5.75 Å². The van der Waals surface area contributed by atoms with Gasteiger partial charge in [-0.15, -0.1) is 0 Å². The molecule has 0 radical (unpaired) electrons. The van der Waals surface area contributed by atoms with Crippen LogP contribution in [-0.2, 0) is 6.18 Å². The van der Waals surface area contributed by atoms with Gasteiger partial charge in [-0.05, 0) is 47.2 Å². The first-order valence-corrected chi connectivity index (χ1v) is 4.46. The van der Waals surface area contributed by atoms with Gasteiger partial charge < -0.3 is 5.11 Å². The molecule has 0 bridgehead atoms. The van der Waals surface area contributed by atoms with E-state index in [1.54, 1.807) is 29.5 Å². The number of hydrogen-bond acceptors (Lipinski definition) is 1. The molecule has 0 aliphatic heterocycles. The molecule has 0 heterocycles. The summed E-state index contributed by atoms with van der Waals surface area (Å²) in [4.78, 5) is 0. The molecule has 0 amide bonds. The van der Waals surface area contributed by atoms with E-state index < -0.39 is 17.5 Å². The molecule has 0 aromatic heterocycles. The van der Waals surface area contributed by atoms with Crippen LogP contribution in [0.4, 0.5) is 13.2 Å². The average molecular weight is 302 g/mol. The van der Waals surface area contributed by atoms with Crippen LogP contribution in [0.2, 0.25) is 0 Å². The molecule has 0 saturated carbocycles. The molecular weight excluding hydrogens is 296 g/mol. The highest BCUT2D eigenvalue weighted by molar-refractivity contribution is 14.1. The zero-order chi connectivity index (χ0) is 10.2. The molecule has 1 aromatic rings. The molecule has 13 heavy (non-hydrogen) atoms. The summed E-state index contributed by atoms with van der Waals surface area (Å²) in [5.41, 5.74) is -0.494. The van der Waals surface area contributed by atoms with E-state index in [1.165, 1.54) is 6.07 Å². The highest BCUT2D eigenvalue weighted by Crippen LogP contribution is 2.38. The van der Waals surface area contributed by atoms with Crippen molar-refractivity contribution in [2.24, 2.45) is 0 Å². The Morgan fingerprint density at radius 1 is 1.31 bits per heavy atom. The quantitative estimate of drug-likeness (QED) is 0.729. The predicted octanol–water partition coefficient (Wildman–Crippen LogP) is 3.32. The fourth-order valence-corrected chi connectivity index (χ4v) is 1.73. The first kappa shape index (κ1) is 10.6. The smallest absolute Gasteiger partial charge is 0.420 e. The number of aromatic hydroxyl groups is 1. The van der Waals surface area contributed by atoms with Crippen LogP contribution in [0.25, 0.3) is 0 Å². The topological polar surface area (TPSA) is 20.2 Å². The van der Waals surface area contributed by atoms with Crippen LogP contribution < -0.4 is 0 Å². The third kappa shape index (κ3) is 2.26. The van der Waals surface area contributed by atoms with Crippen molar-refractivity contribution in [2.45, 2.75) is 13.1 Å². The summed E-state index contributed by atoms with van der Waals surface area (Å²) in [5.74, 6) is -0.696. The molecule has 0 saturated heterocycles. The summed E-state index contributed by atoms with van der Waals surface area (Å²) in [6.07, 6.45) is -4.49. The summed E-state index contributed by atoms with van der Waals surface area (Å²) >= 11 is 1.67. The first-order valence-electron chi connectivity index (χ1n) is 3.38. The normalized spacial score (nSPS) is 11.8. The molecule has 72 valence electrons. The maximum atomic E-state index is 12.2. The van der Waals surface area contributed by atoms with Gasteiger partial charge in [-0.25, -0.2) is 0 Å². The van der Waals surface area contributed by atoms with E-state index in [0.29, 0.717) is 5.56 Å². The zero-order valence-electron chi connectivity index (χ0n) is 6.61. The molecule has 0 aliphatic rings. The molecule has 0 unspecified atom stereocenters. The van der Waals surface area contributed by atoms with E-state index in [4.69, 9.17) is 5.11 Å². The van der Waals surface area contributed by atoms with E-state index in [2.05, 4.69) is 0 Å². The number of aryl methyl sites for hydroxylation is 1. The van der Waals surface area contributed by atoms with Crippen molar-refractivity contribution in [3.05, 3.63) is 26.8 Å². The number of benzene rings is 1. The van der Waals surface area contributed by atoms with Gasteiger partial charge in [-0.3, -0.25) is 0 Å². The van der Waals surface area contributed by atoms with E-state index in [0.717, 1.165) is 6.07 Å². The van der Waals surface area contributed by atoms with E-state index in [9.17, 15) is 13.2 Å². The van der Waals surface area contributed by atoms with Gasteiger partial charge in [0, 0.05) is 0 Å². The summed E-state index contributed by atoms with van der Waals surface area (Å²) in [6, 6.07) is 2.42. The molecular formula is C8H6F3IO. The summed E-state index contributed by atoms with van der Waals surface area (Å²) in [5, 5.41) is 9.13. The van der Waals surface area contributed by atoms with E-state index >= 15 is 0 Å². The number of halogens is 4. The minimum atomic E-state index is -4.49. The lowest BCUT2D eigenvalue weighted by Gasteiger charge is -2.10. The second kappa shape index (κ2) is 3.36. The highest BCUT2D eigenvalue weighted by Gasteiger charge is 2.34. The SMILES string of the molecule is Cc1cc(I)c(O)c(C(F)(F)F)c1. The van der Waals surface area contributed by atoms with Crippen molar-refractivity contribution < 1.29 is 18.3 Å². The summed E-state index contributed by atoms with van der Waals surface area (Å²) in [7, 11) is 0. The van der Waals surface area contributed by atoms with Gasteiger partial charge in [-0.2, -0.15) is 13.2 Å². The monoisotopic (exact) mass is 302 g/mol. The molecule has 1 nitrogen and oxygen atoms in total. The van der Waals surface area contributed by atoms with Crippen LogP contribution in [0.15, 0.2) is 12.1 Å². The van der Waals surface area contributed by atoms with Crippen molar-refractivity contribution >= 4 is 22.6 Å². The molecule has 0 spiro atoms. The van der Waals surface area contributed by atoms with E-state index in [-0.39, 0.29) is 3.57 Å². The first-order chi connectivity index (χ1) is 5.82. The van der Waals surface area contributed by atoms with Gasteiger partial charge >= 0.3 is 6.18 Å². The summed E-state index contributed by atoms with van der Waals surface area (Å²) < 4.78 is 36.9. The van der Waals surface area contributed by atoms with Crippen molar-refractivity contribution in [1.82, 2.24) is 0 Å². The Morgan fingerprint density at radius 2 is 1.85 bits per heavy atom. The number of hydrogen-bond donors (Lipinski definition) is 1. The van der Waals surface area contributed by atoms with Crippen LogP contribution in [-0.4, -0.2) is 5.11 Å². The molecule has 5 heteroatoms. The number of phenolic OH excluding ortho intramolecular Hbond substituents is 1. The van der Waals surface area contributed by atoms with Crippen LogP contribution in [0.1, 0.15) is 11.1 Å². The maximum Gasteiger partial charge on any atom is 0.420 e. The van der Waals surface area contributed by atoms with Gasteiger partial charge in [0.25, 0.3) is 0 Å². The fourth-order valence-electron chi connectivity index (χ4n) is 0.951. The zero-order valence-corrected chi connectivity index (χ0v) is 8.77. The lowest BCUT2D eigenvalue weighted by atomic mass is 10.1. The third-order valence-corrected chi connectivity index (χ3v) is 2.34. The molecule has 1 N–H and O–H groups in total. The Bertz CT molecular complexity index is 333. The second-order valence-corrected chi connectivity index (χ2v) is 3.80. The lowest BCUT2D eigenvalue weighted by molar-refractivity contribution is -0.138. The minimum absolute atomic E-state index is 0.213. The van der Waals surface area contributed by atoms with Gasteiger partial charge in [0.05, 0.1) is 9.13 Å². The number of alkyl halides is 3. The van der Waals surface area contributed by atoms with Crippen LogP contribution in [0.5, 0.6) is 5.75 Å². The summed E-state index contributed by atoms with van der Waals surface area (Å²) in [6.45, 7) is 1.55. The van der Waals surface area contributed by atoms with Crippen LogP contribution in [0.3, 0.4) is 0 Å². The number of rotatable bonds is 0. The Hall–Kier alpha value is -0.460. The Balaban J connectivity index is 3.37. The van der Waals surface area contributed by atoms with Gasteiger partial charge in [-0.1, -0.05) is 0 Å². The highest BCUT2D eigenvalue weighted by atomic mass is 127. The lowest BCUT2D eigenvalue weighted by Crippen LogP contribution is -2.06.